The van der Waals surface area contributed by atoms with Gasteiger partial charge in [-0.15, -0.1) is 0 Å². The first-order chi connectivity index (χ1) is 14.3. The molecule has 0 spiro atoms. The molecule has 2 aromatic carbocycles. The standard InChI is InChI=1S/C23H25FN2O4/c1-5-29-22(27)20-19(13-30-16-11-10-14(2)15(3)12-16)26(4)23(28)25-21(20)17-8-6-7-9-18(17)24/h6-12,21H,5,13H2,1-4H3,(H,25,28)/t21-/m0/s1. The summed E-state index contributed by atoms with van der Waals surface area (Å²) >= 11 is 0. The lowest BCUT2D eigenvalue weighted by Gasteiger charge is -2.34. The van der Waals surface area contributed by atoms with Crippen LogP contribution in [0.1, 0.15) is 29.7 Å². The zero-order chi connectivity index (χ0) is 21.8. The van der Waals surface area contributed by atoms with Crippen LogP contribution in [-0.2, 0) is 9.53 Å². The molecule has 0 saturated heterocycles. The highest BCUT2D eigenvalue weighted by molar-refractivity contribution is 5.95. The van der Waals surface area contributed by atoms with Crippen LogP contribution in [0.4, 0.5) is 9.18 Å². The Balaban J connectivity index is 2.04. The lowest BCUT2D eigenvalue weighted by atomic mass is 9.94. The number of carbonyl (C=O) groups excluding carboxylic acids is 2. The molecule has 1 heterocycles. The summed E-state index contributed by atoms with van der Waals surface area (Å²) < 4.78 is 25.6. The molecule has 1 atom stereocenters. The number of amides is 2. The van der Waals surface area contributed by atoms with Gasteiger partial charge in [0.05, 0.1) is 23.9 Å². The minimum Gasteiger partial charge on any atom is -0.487 e. The highest BCUT2D eigenvalue weighted by atomic mass is 19.1. The van der Waals surface area contributed by atoms with Gasteiger partial charge in [0.25, 0.3) is 0 Å². The number of aryl methyl sites for hydroxylation is 2. The first-order valence-electron chi connectivity index (χ1n) is 9.72. The maximum Gasteiger partial charge on any atom is 0.338 e. The van der Waals surface area contributed by atoms with E-state index in [2.05, 4.69) is 5.32 Å². The molecule has 0 radical (unpaired) electrons. The molecule has 0 unspecified atom stereocenters. The summed E-state index contributed by atoms with van der Waals surface area (Å²) in [5.74, 6) is -0.546. The number of benzene rings is 2. The van der Waals surface area contributed by atoms with Gasteiger partial charge in [-0.1, -0.05) is 24.3 Å². The number of ether oxygens (including phenoxy) is 2. The summed E-state index contributed by atoms with van der Waals surface area (Å²) in [7, 11) is 1.53. The normalized spacial score (nSPS) is 16.4. The van der Waals surface area contributed by atoms with Crippen LogP contribution in [0, 0.1) is 19.7 Å². The number of nitrogens with one attached hydrogen (secondary N) is 1. The largest absolute Gasteiger partial charge is 0.487 e. The van der Waals surface area contributed by atoms with Gasteiger partial charge in [-0.05, 0) is 50.1 Å². The van der Waals surface area contributed by atoms with Crippen molar-refractivity contribution >= 4 is 12.0 Å². The fourth-order valence-corrected chi connectivity index (χ4v) is 3.28. The Hall–Kier alpha value is -3.35. The van der Waals surface area contributed by atoms with Gasteiger partial charge in [-0.25, -0.2) is 14.0 Å². The molecule has 0 saturated carbocycles. The molecule has 1 aliphatic heterocycles. The molecule has 0 bridgehead atoms. The van der Waals surface area contributed by atoms with Crippen LogP contribution in [-0.4, -0.2) is 37.2 Å². The number of nitrogens with zero attached hydrogens (tertiary/aromatic N) is 1. The Morgan fingerprint density at radius 3 is 2.57 bits per heavy atom. The van der Waals surface area contributed by atoms with E-state index in [1.54, 1.807) is 19.1 Å². The van der Waals surface area contributed by atoms with Crippen LogP contribution in [0.2, 0.25) is 0 Å². The van der Waals surface area contributed by atoms with Crippen LogP contribution in [0.15, 0.2) is 53.7 Å². The van der Waals surface area contributed by atoms with Gasteiger partial charge in [0, 0.05) is 12.6 Å². The van der Waals surface area contributed by atoms with E-state index < -0.39 is 23.9 Å². The van der Waals surface area contributed by atoms with Crippen molar-refractivity contribution < 1.29 is 23.5 Å². The lowest BCUT2D eigenvalue weighted by Crippen LogP contribution is -2.48. The number of carbonyl (C=O) groups is 2. The Labute approximate surface area is 175 Å². The second-order valence-electron chi connectivity index (χ2n) is 7.08. The summed E-state index contributed by atoms with van der Waals surface area (Å²) in [6, 6.07) is 10.2. The van der Waals surface area contributed by atoms with E-state index in [0.717, 1.165) is 11.1 Å². The first kappa shape index (κ1) is 21.4. The van der Waals surface area contributed by atoms with E-state index in [0.29, 0.717) is 11.4 Å². The summed E-state index contributed by atoms with van der Waals surface area (Å²) in [6.07, 6.45) is 0. The minimum atomic E-state index is -0.979. The molecule has 1 N–H and O–H groups in total. The average molecular weight is 412 g/mol. The summed E-state index contributed by atoms with van der Waals surface area (Å²) in [5.41, 5.74) is 2.84. The van der Waals surface area contributed by atoms with E-state index in [1.807, 2.05) is 32.0 Å². The number of rotatable bonds is 6. The van der Waals surface area contributed by atoms with Crippen LogP contribution in [0.3, 0.4) is 0 Å². The molecule has 0 fully saturated rings. The summed E-state index contributed by atoms with van der Waals surface area (Å²) in [5, 5.41) is 2.69. The molecule has 30 heavy (non-hydrogen) atoms. The molecule has 158 valence electrons. The van der Waals surface area contributed by atoms with E-state index in [4.69, 9.17) is 9.47 Å². The number of hydrogen-bond acceptors (Lipinski definition) is 4. The van der Waals surface area contributed by atoms with Gasteiger partial charge in [0.1, 0.15) is 18.2 Å². The van der Waals surface area contributed by atoms with Crippen molar-refractivity contribution in [1.82, 2.24) is 10.2 Å². The second-order valence-corrected chi connectivity index (χ2v) is 7.08. The van der Waals surface area contributed by atoms with Crippen molar-refractivity contribution in [2.45, 2.75) is 26.8 Å². The van der Waals surface area contributed by atoms with Gasteiger partial charge < -0.3 is 14.8 Å². The zero-order valence-corrected chi connectivity index (χ0v) is 17.5. The Kier molecular flexibility index (Phi) is 6.40. The number of hydrogen-bond donors (Lipinski definition) is 1. The monoisotopic (exact) mass is 412 g/mol. The SMILES string of the molecule is CCOC(=O)C1=C(COc2ccc(C)c(C)c2)N(C)C(=O)N[C@H]1c1ccccc1F. The lowest BCUT2D eigenvalue weighted by molar-refractivity contribution is -0.139. The zero-order valence-electron chi connectivity index (χ0n) is 17.5. The van der Waals surface area contributed by atoms with E-state index in [1.165, 1.54) is 24.1 Å². The fourth-order valence-electron chi connectivity index (χ4n) is 3.28. The molecule has 1 aliphatic rings. The highest BCUT2D eigenvalue weighted by Crippen LogP contribution is 2.32. The molecule has 3 rings (SSSR count). The van der Waals surface area contributed by atoms with Gasteiger partial charge in [-0.2, -0.15) is 0 Å². The van der Waals surface area contributed by atoms with Crippen molar-refractivity contribution in [1.29, 1.82) is 0 Å². The molecule has 7 heteroatoms. The topological polar surface area (TPSA) is 67.9 Å². The Morgan fingerprint density at radius 1 is 1.17 bits per heavy atom. The van der Waals surface area contributed by atoms with Crippen LogP contribution >= 0.6 is 0 Å². The third-order valence-electron chi connectivity index (χ3n) is 5.14. The van der Waals surface area contributed by atoms with E-state index >= 15 is 0 Å². The van der Waals surface area contributed by atoms with Crippen molar-refractivity contribution in [3.8, 4) is 5.75 Å². The predicted octanol–water partition coefficient (Wildman–Crippen LogP) is 4.03. The van der Waals surface area contributed by atoms with Crippen molar-refractivity contribution in [2.75, 3.05) is 20.3 Å². The third-order valence-corrected chi connectivity index (χ3v) is 5.14. The highest BCUT2D eigenvalue weighted by Gasteiger charge is 2.38. The van der Waals surface area contributed by atoms with E-state index in [9.17, 15) is 14.0 Å². The summed E-state index contributed by atoms with van der Waals surface area (Å²) in [6.45, 7) is 5.76. The molecular formula is C23H25FN2O4. The Bertz CT molecular complexity index is 1000. The first-order valence-corrected chi connectivity index (χ1v) is 9.72. The van der Waals surface area contributed by atoms with Crippen LogP contribution in [0.25, 0.3) is 0 Å². The predicted molar refractivity (Wildman–Crippen MR) is 111 cm³/mol. The molecule has 6 nitrogen and oxygen atoms in total. The molecule has 2 amide bonds. The minimum absolute atomic E-state index is 0.0501. The molecular weight excluding hydrogens is 387 g/mol. The maximum atomic E-state index is 14.5. The molecule has 2 aromatic rings. The number of esters is 1. The van der Waals surface area contributed by atoms with Crippen LogP contribution in [0.5, 0.6) is 5.75 Å². The fraction of sp³-hybridized carbons (Fsp3) is 0.304. The van der Waals surface area contributed by atoms with Crippen molar-refractivity contribution in [3.63, 3.8) is 0 Å². The van der Waals surface area contributed by atoms with Gasteiger partial charge >= 0.3 is 12.0 Å². The smallest absolute Gasteiger partial charge is 0.338 e. The van der Waals surface area contributed by atoms with Crippen molar-refractivity contribution in [2.24, 2.45) is 0 Å². The quantitative estimate of drug-likeness (QED) is 0.728. The molecule has 0 aliphatic carbocycles. The van der Waals surface area contributed by atoms with Crippen LogP contribution < -0.4 is 10.1 Å². The summed E-state index contributed by atoms with van der Waals surface area (Å²) in [4.78, 5) is 26.7. The third kappa shape index (κ3) is 4.30. The number of halogens is 1. The van der Waals surface area contributed by atoms with Crippen molar-refractivity contribution in [3.05, 3.63) is 76.2 Å². The number of likely N-dealkylation sites (N-methyl/N-ethyl adjacent to an activating group) is 1. The number of urea groups is 1. The van der Waals surface area contributed by atoms with Gasteiger partial charge in [0.2, 0.25) is 0 Å². The van der Waals surface area contributed by atoms with Gasteiger partial charge in [0.15, 0.2) is 0 Å². The Morgan fingerprint density at radius 2 is 1.90 bits per heavy atom. The van der Waals surface area contributed by atoms with E-state index in [-0.39, 0.29) is 24.4 Å². The molecule has 0 aromatic heterocycles. The average Bonchev–Trinajstić information content (AvgIpc) is 2.71. The van der Waals surface area contributed by atoms with Gasteiger partial charge in [-0.3, -0.25) is 4.90 Å². The second kappa shape index (κ2) is 8.98. The maximum absolute atomic E-state index is 14.5.